The van der Waals surface area contributed by atoms with E-state index in [1.807, 2.05) is 0 Å². The monoisotopic (exact) mass is 550 g/mol. The second-order valence-corrected chi connectivity index (χ2v) is 11.3. The maximum atomic E-state index is 12.1. The Morgan fingerprint density at radius 3 is 1.38 bits per heavy atom. The van der Waals surface area contributed by atoms with Crippen LogP contribution in [0.3, 0.4) is 0 Å². The van der Waals surface area contributed by atoms with E-state index in [1.54, 1.807) is 0 Å². The van der Waals surface area contributed by atoms with Crippen molar-refractivity contribution in [3.63, 3.8) is 0 Å². The molecule has 0 aliphatic carbocycles. The second-order valence-electron chi connectivity index (χ2n) is 10.1. The van der Waals surface area contributed by atoms with Crippen molar-refractivity contribution in [2.45, 2.75) is 155 Å². The first-order valence-electron chi connectivity index (χ1n) is 14.8. The van der Waals surface area contributed by atoms with E-state index in [0.29, 0.717) is 6.42 Å². The van der Waals surface area contributed by atoms with E-state index in [2.05, 4.69) is 18.4 Å². The Hall–Kier alpha value is -0.950. The molecule has 1 atom stereocenters. The van der Waals surface area contributed by atoms with E-state index < -0.39 is 32.5 Å². The number of unbranched alkanes of at least 4 members (excludes halogenated alkanes) is 17. The Bertz CT molecular complexity index is 593. The highest BCUT2D eigenvalue weighted by Crippen LogP contribution is 2.35. The minimum atomic E-state index is -4.72. The van der Waals surface area contributed by atoms with Gasteiger partial charge in [-0.2, -0.15) is 0 Å². The lowest BCUT2D eigenvalue weighted by atomic mass is 10.0. The fourth-order valence-electron chi connectivity index (χ4n) is 4.14. The highest BCUT2D eigenvalue weighted by atomic mass is 31.2. The molecule has 2 N–H and O–H groups in total. The van der Waals surface area contributed by atoms with Crippen LogP contribution in [0, 0.1) is 0 Å². The van der Waals surface area contributed by atoms with Crippen molar-refractivity contribution in [1.82, 2.24) is 0 Å². The number of rotatable bonds is 27. The van der Waals surface area contributed by atoms with Crippen LogP contribution in [0.15, 0.2) is 0 Å². The minimum absolute atomic E-state index is 0.214. The summed E-state index contributed by atoms with van der Waals surface area (Å²) in [5.74, 6) is -0.890. The van der Waals surface area contributed by atoms with Gasteiger partial charge in [-0.3, -0.25) is 14.1 Å². The van der Waals surface area contributed by atoms with Crippen molar-refractivity contribution in [2.24, 2.45) is 0 Å². The molecule has 220 valence electrons. The van der Waals surface area contributed by atoms with Gasteiger partial charge in [0.2, 0.25) is 0 Å². The summed E-state index contributed by atoms with van der Waals surface area (Å²) in [7, 11) is -4.72. The average Bonchev–Trinajstić information content (AvgIpc) is 2.85. The highest BCUT2D eigenvalue weighted by molar-refractivity contribution is 7.46. The van der Waals surface area contributed by atoms with Crippen molar-refractivity contribution < 1.29 is 37.9 Å². The molecular formula is C28H55O8P. The number of phosphoric ester groups is 1. The molecule has 0 radical (unpaired) electrons. The van der Waals surface area contributed by atoms with E-state index in [9.17, 15) is 14.2 Å². The Kier molecular flexibility index (Phi) is 24.7. The van der Waals surface area contributed by atoms with Crippen LogP contribution in [0.5, 0.6) is 0 Å². The molecule has 0 heterocycles. The SMILES string of the molecule is CCCCCCCCCCCCCCCC(=O)OC[C@H](COP(=O)(O)O)OC(=O)CCCCCCCC. The second kappa shape index (κ2) is 25.3. The van der Waals surface area contributed by atoms with E-state index in [1.165, 1.54) is 70.6 Å². The van der Waals surface area contributed by atoms with E-state index in [0.717, 1.165) is 44.9 Å². The lowest BCUT2D eigenvalue weighted by Gasteiger charge is -2.18. The van der Waals surface area contributed by atoms with Gasteiger partial charge in [0.25, 0.3) is 0 Å². The van der Waals surface area contributed by atoms with Gasteiger partial charge in [-0.15, -0.1) is 0 Å². The lowest BCUT2D eigenvalue weighted by Crippen LogP contribution is -2.29. The third-order valence-electron chi connectivity index (χ3n) is 6.38. The Morgan fingerprint density at radius 1 is 0.595 bits per heavy atom. The van der Waals surface area contributed by atoms with Crippen molar-refractivity contribution in [1.29, 1.82) is 0 Å². The summed E-state index contributed by atoms with van der Waals surface area (Å²) in [6, 6.07) is 0. The molecule has 0 aliphatic rings. The molecule has 0 aliphatic heterocycles. The van der Waals surface area contributed by atoms with Gasteiger partial charge in [0.15, 0.2) is 6.10 Å². The zero-order chi connectivity index (χ0) is 27.6. The van der Waals surface area contributed by atoms with E-state index in [4.69, 9.17) is 19.3 Å². The number of ether oxygens (including phenoxy) is 2. The van der Waals surface area contributed by atoms with Crippen LogP contribution >= 0.6 is 7.82 Å². The molecule has 0 bridgehead atoms. The molecule has 0 unspecified atom stereocenters. The Morgan fingerprint density at radius 2 is 0.973 bits per heavy atom. The van der Waals surface area contributed by atoms with Crippen LogP contribution in [-0.4, -0.2) is 41.0 Å². The third-order valence-corrected chi connectivity index (χ3v) is 6.86. The highest BCUT2D eigenvalue weighted by Gasteiger charge is 2.22. The number of phosphoric acid groups is 1. The molecule has 0 amide bonds. The van der Waals surface area contributed by atoms with Crippen LogP contribution in [0.2, 0.25) is 0 Å². The molecule has 37 heavy (non-hydrogen) atoms. The van der Waals surface area contributed by atoms with Gasteiger partial charge in [0.1, 0.15) is 6.61 Å². The number of hydrogen-bond donors (Lipinski definition) is 2. The number of carbonyl (C=O) groups is 2. The Labute approximate surface area is 225 Å². The number of hydrogen-bond acceptors (Lipinski definition) is 6. The van der Waals surface area contributed by atoms with Gasteiger partial charge in [0, 0.05) is 12.8 Å². The number of esters is 2. The van der Waals surface area contributed by atoms with Crippen molar-refractivity contribution >= 4 is 19.8 Å². The van der Waals surface area contributed by atoms with Gasteiger partial charge < -0.3 is 19.3 Å². The fourth-order valence-corrected chi connectivity index (χ4v) is 4.50. The third kappa shape index (κ3) is 27.9. The van der Waals surface area contributed by atoms with Gasteiger partial charge >= 0.3 is 19.8 Å². The van der Waals surface area contributed by atoms with Crippen molar-refractivity contribution in [3.8, 4) is 0 Å². The summed E-state index contributed by atoms with van der Waals surface area (Å²) in [5, 5.41) is 0. The van der Waals surface area contributed by atoms with Gasteiger partial charge in [0.05, 0.1) is 6.61 Å². The summed E-state index contributed by atoms with van der Waals surface area (Å²) in [6.45, 7) is 3.58. The Balaban J connectivity index is 3.97. The van der Waals surface area contributed by atoms with Gasteiger partial charge in [-0.25, -0.2) is 4.57 Å². The van der Waals surface area contributed by atoms with Crippen LogP contribution in [0.4, 0.5) is 0 Å². The normalized spacial score (nSPS) is 12.4. The quantitative estimate of drug-likeness (QED) is 0.0604. The summed E-state index contributed by atoms with van der Waals surface area (Å²) in [6.07, 6.45) is 21.5. The van der Waals surface area contributed by atoms with E-state index in [-0.39, 0.29) is 19.4 Å². The topological polar surface area (TPSA) is 119 Å². The molecule has 8 nitrogen and oxygen atoms in total. The summed E-state index contributed by atoms with van der Waals surface area (Å²) >= 11 is 0. The van der Waals surface area contributed by atoms with E-state index >= 15 is 0 Å². The smallest absolute Gasteiger partial charge is 0.462 e. The molecule has 0 saturated heterocycles. The molecule has 0 spiro atoms. The van der Waals surface area contributed by atoms with Crippen LogP contribution in [0.25, 0.3) is 0 Å². The van der Waals surface area contributed by atoms with Gasteiger partial charge in [-0.1, -0.05) is 123 Å². The molecule has 0 rings (SSSR count). The minimum Gasteiger partial charge on any atom is -0.462 e. The molecule has 0 fully saturated rings. The molecular weight excluding hydrogens is 495 g/mol. The van der Waals surface area contributed by atoms with Crippen molar-refractivity contribution in [3.05, 3.63) is 0 Å². The molecule has 9 heteroatoms. The van der Waals surface area contributed by atoms with Crippen molar-refractivity contribution in [2.75, 3.05) is 13.2 Å². The van der Waals surface area contributed by atoms with Gasteiger partial charge in [-0.05, 0) is 12.8 Å². The zero-order valence-electron chi connectivity index (χ0n) is 23.6. The molecule has 0 aromatic rings. The maximum Gasteiger partial charge on any atom is 0.469 e. The summed E-state index contributed by atoms with van der Waals surface area (Å²) < 4.78 is 26.0. The first-order chi connectivity index (χ1) is 17.8. The predicted octanol–water partition coefficient (Wildman–Crippen LogP) is 7.78. The first kappa shape index (κ1) is 36.0. The lowest BCUT2D eigenvalue weighted by molar-refractivity contribution is -0.161. The zero-order valence-corrected chi connectivity index (χ0v) is 24.5. The average molecular weight is 551 g/mol. The number of carbonyl (C=O) groups excluding carboxylic acids is 2. The van der Waals surface area contributed by atoms with Crippen LogP contribution < -0.4 is 0 Å². The summed E-state index contributed by atoms with van der Waals surface area (Å²) in [4.78, 5) is 42.1. The first-order valence-corrected chi connectivity index (χ1v) is 16.4. The molecule has 0 aromatic heterocycles. The standard InChI is InChI=1S/C28H55O8P/c1-3-5-7-9-11-12-13-14-15-16-17-19-20-22-27(29)34-24-26(25-35-37(31,32)33)36-28(30)23-21-18-10-8-6-4-2/h26H,3-25H2,1-2H3,(H2,31,32,33)/t26-/m1/s1. The molecule has 0 saturated carbocycles. The largest absolute Gasteiger partial charge is 0.469 e. The fraction of sp³-hybridized carbons (Fsp3) is 0.929. The molecule has 0 aromatic carbocycles. The maximum absolute atomic E-state index is 12.1. The van der Waals surface area contributed by atoms with Crippen LogP contribution in [-0.2, 0) is 28.2 Å². The van der Waals surface area contributed by atoms with Crippen LogP contribution in [0.1, 0.15) is 149 Å². The predicted molar refractivity (Wildman–Crippen MR) is 147 cm³/mol. The summed E-state index contributed by atoms with van der Waals surface area (Å²) in [5.41, 5.74) is 0.